The van der Waals surface area contributed by atoms with Gasteiger partial charge in [0.25, 0.3) is 5.69 Å². The van der Waals surface area contributed by atoms with E-state index in [2.05, 4.69) is 4.99 Å². The summed E-state index contributed by atoms with van der Waals surface area (Å²) >= 11 is 7.51. The summed E-state index contributed by atoms with van der Waals surface area (Å²) in [4.78, 5) is 20.6. The van der Waals surface area contributed by atoms with Gasteiger partial charge in [-0.05, 0) is 35.4 Å². The average molecular weight is 420 g/mol. The van der Waals surface area contributed by atoms with Crippen molar-refractivity contribution in [2.75, 3.05) is 0 Å². The van der Waals surface area contributed by atoms with Crippen LogP contribution in [0.4, 0.5) is 10.8 Å². The van der Waals surface area contributed by atoms with Gasteiger partial charge in [0.05, 0.1) is 15.5 Å². The fraction of sp³-hybridized carbons (Fsp3) is 0. The van der Waals surface area contributed by atoms with Gasteiger partial charge in [0.15, 0.2) is 0 Å². The summed E-state index contributed by atoms with van der Waals surface area (Å²) in [5.41, 5.74) is 3.68. The molecule has 142 valence electrons. The lowest BCUT2D eigenvalue weighted by atomic mass is 10.1. The largest absolute Gasteiger partial charge is 0.269 e. The van der Waals surface area contributed by atoms with Crippen LogP contribution in [0.2, 0.25) is 5.02 Å². The number of benzene rings is 3. The number of nitro groups is 1. The molecule has 0 bridgehead atoms. The van der Waals surface area contributed by atoms with Crippen LogP contribution in [-0.4, -0.2) is 16.1 Å². The molecule has 0 unspecified atom stereocenters. The Balaban J connectivity index is 1.71. The van der Waals surface area contributed by atoms with Gasteiger partial charge in [-0.15, -0.1) is 0 Å². The number of non-ortho nitro benzene ring substituents is 1. The summed E-state index contributed by atoms with van der Waals surface area (Å²) in [6.45, 7) is 0. The van der Waals surface area contributed by atoms with Gasteiger partial charge in [-0.1, -0.05) is 65.4 Å². The first-order valence-electron chi connectivity index (χ1n) is 8.71. The number of nitro benzene ring substituents is 1. The normalized spacial score (nSPS) is 11.1. The number of halogens is 1. The molecule has 1 heterocycles. The molecule has 0 saturated carbocycles. The second kappa shape index (κ2) is 8.34. The third-order valence-electron chi connectivity index (χ3n) is 4.20. The molecule has 7 heteroatoms. The Hall–Kier alpha value is -3.35. The zero-order chi connectivity index (χ0) is 20.2. The molecule has 0 amide bonds. The number of nitrogens with zero attached hydrogens (tertiary/aromatic N) is 3. The first-order chi connectivity index (χ1) is 14.1. The Morgan fingerprint density at radius 2 is 1.62 bits per heavy atom. The van der Waals surface area contributed by atoms with Crippen molar-refractivity contribution in [2.45, 2.75) is 0 Å². The van der Waals surface area contributed by atoms with E-state index in [1.807, 2.05) is 54.6 Å². The number of aromatic nitrogens is 1. The van der Waals surface area contributed by atoms with Crippen molar-refractivity contribution in [2.24, 2.45) is 4.99 Å². The van der Waals surface area contributed by atoms with Crippen molar-refractivity contribution in [1.82, 2.24) is 4.98 Å². The summed E-state index contributed by atoms with van der Waals surface area (Å²) in [7, 11) is 0. The van der Waals surface area contributed by atoms with E-state index >= 15 is 0 Å². The summed E-state index contributed by atoms with van der Waals surface area (Å²) < 4.78 is 0. The van der Waals surface area contributed by atoms with E-state index < -0.39 is 4.92 Å². The molecule has 0 aliphatic heterocycles. The van der Waals surface area contributed by atoms with Gasteiger partial charge < -0.3 is 0 Å². The summed E-state index contributed by atoms with van der Waals surface area (Å²) in [6, 6.07) is 23.8. The molecule has 0 aliphatic carbocycles. The quantitative estimate of drug-likeness (QED) is 0.203. The van der Waals surface area contributed by atoms with Gasteiger partial charge in [-0.3, -0.25) is 10.1 Å². The highest BCUT2D eigenvalue weighted by Gasteiger charge is 2.14. The maximum atomic E-state index is 10.8. The van der Waals surface area contributed by atoms with Gasteiger partial charge in [-0.2, -0.15) is 0 Å². The first-order valence-corrected chi connectivity index (χ1v) is 9.90. The Bertz CT molecular complexity index is 1170. The fourth-order valence-corrected chi connectivity index (χ4v) is 3.83. The van der Waals surface area contributed by atoms with Crippen molar-refractivity contribution in [3.05, 3.63) is 99.6 Å². The zero-order valence-corrected chi connectivity index (χ0v) is 16.6. The number of hydrogen-bond acceptors (Lipinski definition) is 5. The summed E-state index contributed by atoms with van der Waals surface area (Å²) in [5, 5.41) is 12.0. The van der Waals surface area contributed by atoms with Crippen molar-refractivity contribution in [3.8, 4) is 21.7 Å². The molecule has 0 aliphatic rings. The fourth-order valence-electron chi connectivity index (χ4n) is 2.76. The van der Waals surface area contributed by atoms with Crippen LogP contribution in [0.5, 0.6) is 0 Å². The van der Waals surface area contributed by atoms with Gasteiger partial charge in [0.2, 0.25) is 5.13 Å². The number of hydrogen-bond donors (Lipinski definition) is 0. The van der Waals surface area contributed by atoms with Crippen LogP contribution in [0.3, 0.4) is 0 Å². The third kappa shape index (κ3) is 4.39. The second-order valence-electron chi connectivity index (χ2n) is 6.15. The van der Waals surface area contributed by atoms with Crippen LogP contribution >= 0.6 is 22.9 Å². The van der Waals surface area contributed by atoms with E-state index in [4.69, 9.17) is 16.6 Å². The number of rotatable bonds is 5. The van der Waals surface area contributed by atoms with Crippen molar-refractivity contribution in [1.29, 1.82) is 0 Å². The van der Waals surface area contributed by atoms with Crippen LogP contribution in [0.1, 0.15) is 5.56 Å². The second-order valence-corrected chi connectivity index (χ2v) is 7.57. The SMILES string of the molecule is O=[N+]([O-])c1ccc(C=Nc2nc(-c3ccc(Cl)cc3)c(-c3ccccc3)s2)cc1. The molecule has 0 spiro atoms. The van der Waals surface area contributed by atoms with Crippen LogP contribution in [0.15, 0.2) is 83.9 Å². The molecule has 4 aromatic rings. The van der Waals surface area contributed by atoms with Crippen molar-refractivity contribution >= 4 is 40.0 Å². The third-order valence-corrected chi connectivity index (χ3v) is 5.46. The van der Waals surface area contributed by atoms with E-state index in [-0.39, 0.29) is 5.69 Å². The molecule has 0 saturated heterocycles. The van der Waals surface area contributed by atoms with Crippen LogP contribution < -0.4 is 0 Å². The molecule has 29 heavy (non-hydrogen) atoms. The number of thiazole rings is 1. The average Bonchev–Trinajstić information content (AvgIpc) is 3.18. The highest BCUT2D eigenvalue weighted by Crippen LogP contribution is 2.40. The predicted octanol–water partition coefficient (Wildman–Crippen LogP) is 6.79. The van der Waals surface area contributed by atoms with Gasteiger partial charge in [0, 0.05) is 28.9 Å². The van der Waals surface area contributed by atoms with Crippen LogP contribution in [0.25, 0.3) is 21.7 Å². The topological polar surface area (TPSA) is 68.4 Å². The minimum atomic E-state index is -0.424. The standard InChI is InChI=1S/C22H14ClN3O2S/c23-18-10-8-16(9-11-18)20-21(17-4-2-1-3-5-17)29-22(25-20)24-14-15-6-12-19(13-7-15)26(27)28/h1-14H. The van der Waals surface area contributed by atoms with Crippen LogP contribution in [0, 0.1) is 10.1 Å². The number of aliphatic imine (C=N–C) groups is 1. The lowest BCUT2D eigenvalue weighted by molar-refractivity contribution is -0.384. The molecule has 0 atom stereocenters. The van der Waals surface area contributed by atoms with E-state index in [1.54, 1.807) is 18.3 Å². The van der Waals surface area contributed by atoms with E-state index in [0.29, 0.717) is 10.2 Å². The molecule has 0 N–H and O–H groups in total. The monoisotopic (exact) mass is 419 g/mol. The first kappa shape index (κ1) is 19.0. The summed E-state index contributed by atoms with van der Waals surface area (Å²) in [6.07, 6.45) is 1.66. The molecular weight excluding hydrogens is 406 g/mol. The van der Waals surface area contributed by atoms with E-state index in [9.17, 15) is 10.1 Å². The maximum Gasteiger partial charge on any atom is 0.269 e. The predicted molar refractivity (Wildman–Crippen MR) is 118 cm³/mol. The minimum Gasteiger partial charge on any atom is -0.258 e. The lowest BCUT2D eigenvalue weighted by Crippen LogP contribution is -1.88. The highest BCUT2D eigenvalue weighted by atomic mass is 35.5. The van der Waals surface area contributed by atoms with Gasteiger partial charge in [0.1, 0.15) is 0 Å². The summed E-state index contributed by atoms with van der Waals surface area (Å²) in [5.74, 6) is 0. The van der Waals surface area contributed by atoms with Gasteiger partial charge in [-0.25, -0.2) is 9.98 Å². The smallest absolute Gasteiger partial charge is 0.258 e. The minimum absolute atomic E-state index is 0.0489. The van der Waals surface area contributed by atoms with Crippen molar-refractivity contribution < 1.29 is 4.92 Å². The molecule has 3 aromatic carbocycles. The molecule has 4 rings (SSSR count). The highest BCUT2D eigenvalue weighted by molar-refractivity contribution is 7.19. The van der Waals surface area contributed by atoms with Gasteiger partial charge >= 0.3 is 0 Å². The molecule has 5 nitrogen and oxygen atoms in total. The zero-order valence-electron chi connectivity index (χ0n) is 15.0. The molecule has 1 aromatic heterocycles. The molecule has 0 radical (unpaired) electrons. The van der Waals surface area contributed by atoms with E-state index in [1.165, 1.54) is 23.5 Å². The van der Waals surface area contributed by atoms with Crippen molar-refractivity contribution in [3.63, 3.8) is 0 Å². The lowest BCUT2D eigenvalue weighted by Gasteiger charge is -2.02. The van der Waals surface area contributed by atoms with E-state index in [0.717, 1.165) is 27.3 Å². The molecular formula is C22H14ClN3O2S. The van der Waals surface area contributed by atoms with Crippen LogP contribution in [-0.2, 0) is 0 Å². The maximum absolute atomic E-state index is 10.8. The Kier molecular flexibility index (Phi) is 5.46. The Morgan fingerprint density at radius 3 is 2.28 bits per heavy atom. The Labute approximate surface area is 176 Å². The molecule has 0 fully saturated rings. The Morgan fingerprint density at radius 1 is 0.931 bits per heavy atom.